The number of imide groups is 1. The number of nitrogens with one attached hydrogen (secondary N) is 3. The summed E-state index contributed by atoms with van der Waals surface area (Å²) in [4.78, 5) is 37.2. The van der Waals surface area contributed by atoms with Crippen LogP contribution in [0.3, 0.4) is 0 Å². The predicted octanol–water partition coefficient (Wildman–Crippen LogP) is 4.98. The van der Waals surface area contributed by atoms with Crippen LogP contribution in [0.5, 0.6) is 11.5 Å². The molecule has 6 rings (SSSR count). The molecule has 11 nitrogen and oxygen atoms in total. The Labute approximate surface area is 277 Å². The summed E-state index contributed by atoms with van der Waals surface area (Å²) in [6.07, 6.45) is 3.15. The SMILES string of the molecule is COc1cc2ncnc(Nc3ccc(F)c(Cl)c3)c2cc1OCCCN1CCN(Cc2cccc(NC3CCC(=O)NC3=O)c2)CC1. The van der Waals surface area contributed by atoms with Gasteiger partial charge in [0.05, 0.1) is 24.3 Å². The summed E-state index contributed by atoms with van der Waals surface area (Å²) in [7, 11) is 1.60. The molecule has 2 saturated heterocycles. The number of hydrogen-bond donors (Lipinski definition) is 3. The number of carbonyl (C=O) groups excluding carboxylic acids is 2. The highest BCUT2D eigenvalue weighted by atomic mass is 35.5. The van der Waals surface area contributed by atoms with Gasteiger partial charge in [-0.15, -0.1) is 0 Å². The first-order chi connectivity index (χ1) is 22.8. The molecule has 3 N–H and O–H groups in total. The van der Waals surface area contributed by atoms with Gasteiger partial charge in [-0.2, -0.15) is 0 Å². The molecule has 2 amide bonds. The number of piperidine rings is 1. The Hall–Kier alpha value is -4.52. The van der Waals surface area contributed by atoms with E-state index in [1.165, 1.54) is 24.0 Å². The van der Waals surface area contributed by atoms with Gasteiger partial charge in [0, 0.05) is 68.5 Å². The zero-order valence-corrected chi connectivity index (χ0v) is 26.9. The lowest BCUT2D eigenvalue weighted by molar-refractivity contribution is -0.133. The Morgan fingerprint density at radius 3 is 2.62 bits per heavy atom. The summed E-state index contributed by atoms with van der Waals surface area (Å²) < 4.78 is 25.4. The Bertz CT molecular complexity index is 1750. The van der Waals surface area contributed by atoms with E-state index in [9.17, 15) is 14.0 Å². The van der Waals surface area contributed by atoms with Gasteiger partial charge in [-0.25, -0.2) is 14.4 Å². The van der Waals surface area contributed by atoms with Gasteiger partial charge in [0.25, 0.3) is 0 Å². The number of methoxy groups -OCH3 is 1. The van der Waals surface area contributed by atoms with E-state index in [1.807, 2.05) is 24.3 Å². The highest BCUT2D eigenvalue weighted by Crippen LogP contribution is 2.35. The number of rotatable bonds is 12. The average Bonchev–Trinajstić information content (AvgIpc) is 3.07. The van der Waals surface area contributed by atoms with Crippen molar-refractivity contribution in [1.82, 2.24) is 25.1 Å². The lowest BCUT2D eigenvalue weighted by Crippen LogP contribution is -2.47. The summed E-state index contributed by atoms with van der Waals surface area (Å²) in [5, 5.41) is 9.62. The topological polar surface area (TPSA) is 121 Å². The number of aromatic nitrogens is 2. The molecule has 0 radical (unpaired) electrons. The average molecular weight is 662 g/mol. The van der Waals surface area contributed by atoms with Gasteiger partial charge in [0.2, 0.25) is 11.8 Å². The first-order valence-electron chi connectivity index (χ1n) is 15.7. The van der Waals surface area contributed by atoms with E-state index in [4.69, 9.17) is 21.1 Å². The van der Waals surface area contributed by atoms with Crippen molar-refractivity contribution in [2.45, 2.75) is 31.8 Å². The number of piperazine rings is 1. The summed E-state index contributed by atoms with van der Waals surface area (Å²) in [6.45, 7) is 6.10. The van der Waals surface area contributed by atoms with E-state index >= 15 is 0 Å². The van der Waals surface area contributed by atoms with E-state index in [2.05, 4.69) is 47.9 Å². The molecule has 2 fully saturated rings. The highest BCUT2D eigenvalue weighted by Gasteiger charge is 2.26. The van der Waals surface area contributed by atoms with E-state index < -0.39 is 11.9 Å². The van der Waals surface area contributed by atoms with Gasteiger partial charge in [-0.05, 0) is 54.8 Å². The molecule has 3 aromatic carbocycles. The molecule has 0 spiro atoms. The Morgan fingerprint density at radius 1 is 1.00 bits per heavy atom. The molecule has 0 saturated carbocycles. The second kappa shape index (κ2) is 14.9. The number of benzene rings is 3. The normalized spacial score (nSPS) is 17.4. The highest BCUT2D eigenvalue weighted by molar-refractivity contribution is 6.31. The molecule has 1 atom stereocenters. The summed E-state index contributed by atoms with van der Waals surface area (Å²) in [5.74, 6) is 0.741. The Kier molecular flexibility index (Phi) is 10.3. The molecule has 2 aliphatic rings. The Balaban J connectivity index is 0.978. The number of hydrogen-bond acceptors (Lipinski definition) is 10. The fraction of sp³-hybridized carbons (Fsp3) is 0.353. The van der Waals surface area contributed by atoms with Gasteiger partial charge in [-0.1, -0.05) is 23.7 Å². The minimum Gasteiger partial charge on any atom is -0.493 e. The molecule has 3 heterocycles. The minimum atomic E-state index is -0.490. The maximum Gasteiger partial charge on any atom is 0.249 e. The molecule has 4 aromatic rings. The van der Waals surface area contributed by atoms with Crippen molar-refractivity contribution in [2.75, 3.05) is 57.1 Å². The summed E-state index contributed by atoms with van der Waals surface area (Å²) >= 11 is 5.96. The van der Waals surface area contributed by atoms with Gasteiger partial charge in [-0.3, -0.25) is 19.8 Å². The second-order valence-electron chi connectivity index (χ2n) is 11.7. The molecular formula is C34H37ClFN7O4. The molecule has 0 aliphatic carbocycles. The van der Waals surface area contributed by atoms with E-state index in [0.717, 1.165) is 56.8 Å². The molecule has 246 valence electrons. The number of halogens is 2. The smallest absolute Gasteiger partial charge is 0.249 e. The largest absolute Gasteiger partial charge is 0.493 e. The van der Waals surface area contributed by atoms with Crippen LogP contribution in [0, 0.1) is 5.82 Å². The van der Waals surface area contributed by atoms with Crippen LogP contribution in [0.2, 0.25) is 5.02 Å². The van der Waals surface area contributed by atoms with Crippen LogP contribution in [0.4, 0.5) is 21.6 Å². The number of fused-ring (bicyclic) bond motifs is 1. The van der Waals surface area contributed by atoms with Gasteiger partial charge >= 0.3 is 0 Å². The third-order valence-corrected chi connectivity index (χ3v) is 8.65. The summed E-state index contributed by atoms with van der Waals surface area (Å²) in [6, 6.07) is 15.8. The Morgan fingerprint density at radius 2 is 1.83 bits per heavy atom. The second-order valence-corrected chi connectivity index (χ2v) is 12.1. The molecule has 1 aromatic heterocycles. The number of ether oxygens (including phenoxy) is 2. The van der Waals surface area contributed by atoms with Gasteiger partial charge in [0.1, 0.15) is 24.0 Å². The fourth-order valence-corrected chi connectivity index (χ4v) is 6.02. The van der Waals surface area contributed by atoms with Crippen molar-refractivity contribution in [3.63, 3.8) is 0 Å². The van der Waals surface area contributed by atoms with Crippen molar-refractivity contribution in [3.05, 3.63) is 77.3 Å². The van der Waals surface area contributed by atoms with Crippen LogP contribution < -0.4 is 25.4 Å². The van der Waals surface area contributed by atoms with Crippen molar-refractivity contribution in [3.8, 4) is 11.5 Å². The predicted molar refractivity (Wildman–Crippen MR) is 179 cm³/mol. The molecule has 2 aliphatic heterocycles. The third kappa shape index (κ3) is 8.26. The molecular weight excluding hydrogens is 625 g/mol. The molecule has 1 unspecified atom stereocenters. The quantitative estimate of drug-likeness (QED) is 0.142. The van der Waals surface area contributed by atoms with Crippen LogP contribution in [0.15, 0.2) is 60.9 Å². The lowest BCUT2D eigenvalue weighted by Gasteiger charge is -2.34. The van der Waals surface area contributed by atoms with Crippen LogP contribution >= 0.6 is 11.6 Å². The monoisotopic (exact) mass is 661 g/mol. The van der Waals surface area contributed by atoms with Crippen LogP contribution in [-0.4, -0.2) is 84.1 Å². The van der Waals surface area contributed by atoms with E-state index in [-0.39, 0.29) is 16.8 Å². The van der Waals surface area contributed by atoms with E-state index in [1.54, 1.807) is 13.2 Å². The zero-order valence-electron chi connectivity index (χ0n) is 26.1. The molecule has 13 heteroatoms. The number of nitrogens with zero attached hydrogens (tertiary/aromatic N) is 4. The van der Waals surface area contributed by atoms with Crippen LogP contribution in [0.1, 0.15) is 24.8 Å². The van der Waals surface area contributed by atoms with Gasteiger partial charge < -0.3 is 25.0 Å². The van der Waals surface area contributed by atoms with Crippen molar-refractivity contribution < 1.29 is 23.5 Å². The number of carbonyl (C=O) groups is 2. The third-order valence-electron chi connectivity index (χ3n) is 8.36. The van der Waals surface area contributed by atoms with Crippen LogP contribution in [0.25, 0.3) is 10.9 Å². The molecule has 47 heavy (non-hydrogen) atoms. The standard InChI is InChI=1S/C34H37ClFN7O4/c1-46-30-19-29-25(33(38-21-37-29)40-24-6-7-27(36)26(35)17-24)18-31(30)47-15-3-10-42-11-13-43(14-12-42)20-22-4-2-5-23(16-22)39-28-8-9-32(44)41-34(28)45/h2,4-7,16-19,21,28,39H,3,8-15,20H2,1H3,(H,37,38,40)(H,41,44,45). The number of amides is 2. The summed E-state index contributed by atoms with van der Waals surface area (Å²) in [5.41, 5.74) is 3.34. The first kappa shape index (κ1) is 32.4. The number of anilines is 3. The van der Waals surface area contributed by atoms with Crippen molar-refractivity contribution in [1.29, 1.82) is 0 Å². The minimum absolute atomic E-state index is 0.0202. The van der Waals surface area contributed by atoms with Gasteiger partial charge in [0.15, 0.2) is 11.5 Å². The van der Waals surface area contributed by atoms with Crippen LogP contribution in [-0.2, 0) is 16.1 Å². The lowest BCUT2D eigenvalue weighted by atomic mass is 10.1. The fourth-order valence-electron chi connectivity index (χ4n) is 5.84. The van der Waals surface area contributed by atoms with Crippen molar-refractivity contribution >= 4 is 51.5 Å². The van der Waals surface area contributed by atoms with E-state index in [0.29, 0.717) is 48.0 Å². The maximum atomic E-state index is 13.6. The molecule has 0 bridgehead atoms. The maximum absolute atomic E-state index is 13.6. The zero-order chi connectivity index (χ0) is 32.8. The van der Waals surface area contributed by atoms with Crippen molar-refractivity contribution in [2.24, 2.45) is 0 Å². The first-order valence-corrected chi connectivity index (χ1v) is 16.0.